The average molecular weight is 379 g/mol. The molecule has 0 bridgehead atoms. The number of amides is 4. The molecule has 1 saturated heterocycles. The van der Waals surface area contributed by atoms with Crippen molar-refractivity contribution in [2.75, 3.05) is 11.9 Å². The molecule has 1 fully saturated rings. The van der Waals surface area contributed by atoms with Crippen LogP contribution in [0, 0.1) is 0 Å². The number of hydrogen-bond donors (Lipinski definition) is 2. The van der Waals surface area contributed by atoms with Crippen molar-refractivity contribution in [1.82, 2.24) is 10.2 Å². The van der Waals surface area contributed by atoms with E-state index in [1.165, 1.54) is 5.56 Å². The summed E-state index contributed by atoms with van der Waals surface area (Å²) >= 11 is 0. The summed E-state index contributed by atoms with van der Waals surface area (Å²) in [5.74, 6) is -0.447. The molecule has 146 valence electrons. The molecule has 1 unspecified atom stereocenters. The number of urea groups is 1. The van der Waals surface area contributed by atoms with Gasteiger partial charge in [0.15, 0.2) is 0 Å². The van der Waals surface area contributed by atoms with E-state index in [0.717, 1.165) is 16.9 Å². The molecule has 6 nitrogen and oxygen atoms in total. The van der Waals surface area contributed by atoms with Crippen LogP contribution in [-0.4, -0.2) is 29.3 Å². The van der Waals surface area contributed by atoms with Gasteiger partial charge in [0, 0.05) is 5.69 Å². The minimum Gasteiger partial charge on any atom is -0.325 e. The van der Waals surface area contributed by atoms with Gasteiger partial charge in [0.05, 0.1) is 0 Å². The SMILES string of the molecule is CCc1ccc(NC(=O)CN2C(=O)NC(c3ccc(C(C)C)cc3)C2=O)cc1. The second-order valence-corrected chi connectivity index (χ2v) is 7.23. The monoisotopic (exact) mass is 379 g/mol. The Morgan fingerprint density at radius 2 is 1.71 bits per heavy atom. The van der Waals surface area contributed by atoms with Crippen molar-refractivity contribution in [2.24, 2.45) is 0 Å². The van der Waals surface area contributed by atoms with Crippen LogP contribution >= 0.6 is 0 Å². The van der Waals surface area contributed by atoms with E-state index in [2.05, 4.69) is 31.4 Å². The van der Waals surface area contributed by atoms with Crippen LogP contribution in [0.15, 0.2) is 48.5 Å². The van der Waals surface area contributed by atoms with Crippen LogP contribution in [0.2, 0.25) is 0 Å². The second-order valence-electron chi connectivity index (χ2n) is 7.23. The lowest BCUT2D eigenvalue weighted by Gasteiger charge is -2.14. The number of anilines is 1. The van der Waals surface area contributed by atoms with Crippen molar-refractivity contribution in [2.45, 2.75) is 39.2 Å². The number of nitrogens with one attached hydrogen (secondary N) is 2. The Morgan fingerprint density at radius 3 is 2.29 bits per heavy atom. The molecule has 1 heterocycles. The Bertz CT molecular complexity index is 873. The fourth-order valence-electron chi connectivity index (χ4n) is 3.14. The zero-order valence-corrected chi connectivity index (χ0v) is 16.4. The molecule has 6 heteroatoms. The quantitative estimate of drug-likeness (QED) is 0.753. The lowest BCUT2D eigenvalue weighted by Crippen LogP contribution is -2.38. The highest BCUT2D eigenvalue weighted by Crippen LogP contribution is 2.24. The van der Waals surface area contributed by atoms with Gasteiger partial charge in [0.2, 0.25) is 5.91 Å². The van der Waals surface area contributed by atoms with Crippen LogP contribution in [0.5, 0.6) is 0 Å². The number of carbonyl (C=O) groups excluding carboxylic acids is 3. The molecular formula is C22H25N3O3. The highest BCUT2D eigenvalue weighted by Gasteiger charge is 2.39. The van der Waals surface area contributed by atoms with E-state index in [-0.39, 0.29) is 6.54 Å². The summed E-state index contributed by atoms with van der Waals surface area (Å²) in [4.78, 5) is 38.1. The number of hydrogen-bond acceptors (Lipinski definition) is 3. The summed E-state index contributed by atoms with van der Waals surface area (Å²) < 4.78 is 0. The first kappa shape index (κ1) is 19.6. The summed E-state index contributed by atoms with van der Waals surface area (Å²) in [5, 5.41) is 5.38. The predicted molar refractivity (Wildman–Crippen MR) is 108 cm³/mol. The van der Waals surface area contributed by atoms with Gasteiger partial charge < -0.3 is 10.6 Å². The normalized spacial score (nSPS) is 16.4. The fourth-order valence-corrected chi connectivity index (χ4v) is 3.14. The topological polar surface area (TPSA) is 78.5 Å². The Hall–Kier alpha value is -3.15. The van der Waals surface area contributed by atoms with Crippen LogP contribution in [-0.2, 0) is 16.0 Å². The van der Waals surface area contributed by atoms with Gasteiger partial charge in [-0.15, -0.1) is 0 Å². The van der Waals surface area contributed by atoms with Gasteiger partial charge >= 0.3 is 6.03 Å². The van der Waals surface area contributed by atoms with E-state index in [4.69, 9.17) is 0 Å². The van der Waals surface area contributed by atoms with Gasteiger partial charge in [-0.25, -0.2) is 4.79 Å². The van der Waals surface area contributed by atoms with Crippen LogP contribution in [0.1, 0.15) is 49.4 Å². The first-order valence-electron chi connectivity index (χ1n) is 9.49. The van der Waals surface area contributed by atoms with E-state index in [9.17, 15) is 14.4 Å². The first-order chi connectivity index (χ1) is 13.4. The van der Waals surface area contributed by atoms with E-state index in [1.807, 2.05) is 48.5 Å². The lowest BCUT2D eigenvalue weighted by molar-refractivity contribution is -0.130. The molecule has 1 aliphatic rings. The van der Waals surface area contributed by atoms with E-state index < -0.39 is 23.9 Å². The summed E-state index contributed by atoms with van der Waals surface area (Å²) in [6.07, 6.45) is 0.913. The zero-order valence-electron chi connectivity index (χ0n) is 16.4. The third kappa shape index (κ3) is 4.22. The number of nitrogens with zero attached hydrogens (tertiary/aromatic N) is 1. The molecule has 4 amide bonds. The first-order valence-corrected chi connectivity index (χ1v) is 9.49. The summed E-state index contributed by atoms with van der Waals surface area (Å²) in [6.45, 7) is 5.92. The Morgan fingerprint density at radius 1 is 1.07 bits per heavy atom. The minimum absolute atomic E-state index is 0.319. The molecule has 3 rings (SSSR count). The standard InChI is InChI=1S/C22H25N3O3/c1-4-15-5-11-18(12-6-15)23-19(26)13-25-21(27)20(24-22(25)28)17-9-7-16(8-10-17)14(2)3/h5-12,14,20H,4,13H2,1-3H3,(H,23,26)(H,24,28). The van der Waals surface area contributed by atoms with Gasteiger partial charge in [-0.05, 0) is 41.2 Å². The third-order valence-corrected chi connectivity index (χ3v) is 4.91. The molecule has 0 aromatic heterocycles. The van der Waals surface area contributed by atoms with Gasteiger partial charge in [-0.3, -0.25) is 14.5 Å². The Kier molecular flexibility index (Phi) is 5.78. The number of carbonyl (C=O) groups is 3. The maximum atomic E-state index is 12.7. The molecule has 1 atom stereocenters. The molecule has 2 aromatic rings. The van der Waals surface area contributed by atoms with Crippen LogP contribution in [0.3, 0.4) is 0 Å². The van der Waals surface area contributed by atoms with E-state index >= 15 is 0 Å². The smallest absolute Gasteiger partial charge is 0.325 e. The van der Waals surface area contributed by atoms with E-state index in [1.54, 1.807) is 0 Å². The van der Waals surface area contributed by atoms with Crippen molar-refractivity contribution in [1.29, 1.82) is 0 Å². The maximum Gasteiger partial charge on any atom is 0.325 e. The van der Waals surface area contributed by atoms with E-state index in [0.29, 0.717) is 17.2 Å². The Balaban J connectivity index is 1.65. The van der Waals surface area contributed by atoms with Crippen molar-refractivity contribution >= 4 is 23.5 Å². The van der Waals surface area contributed by atoms with Gasteiger partial charge in [0.1, 0.15) is 12.6 Å². The largest absolute Gasteiger partial charge is 0.325 e. The van der Waals surface area contributed by atoms with Gasteiger partial charge in [-0.2, -0.15) is 0 Å². The van der Waals surface area contributed by atoms with Crippen LogP contribution in [0.25, 0.3) is 0 Å². The van der Waals surface area contributed by atoms with Gasteiger partial charge in [-0.1, -0.05) is 57.2 Å². The lowest BCUT2D eigenvalue weighted by atomic mass is 9.99. The summed E-state index contributed by atoms with van der Waals surface area (Å²) in [7, 11) is 0. The molecule has 2 N–H and O–H groups in total. The van der Waals surface area contributed by atoms with Crippen LogP contribution < -0.4 is 10.6 Å². The molecule has 0 saturated carbocycles. The second kappa shape index (κ2) is 8.25. The zero-order chi connectivity index (χ0) is 20.3. The molecule has 1 aliphatic heterocycles. The number of rotatable bonds is 6. The maximum absolute atomic E-state index is 12.7. The van der Waals surface area contributed by atoms with Crippen molar-refractivity contribution in [3.63, 3.8) is 0 Å². The molecule has 0 spiro atoms. The Labute approximate surface area is 164 Å². The molecular weight excluding hydrogens is 354 g/mol. The highest BCUT2D eigenvalue weighted by atomic mass is 16.2. The number of imide groups is 1. The molecule has 28 heavy (non-hydrogen) atoms. The van der Waals surface area contributed by atoms with Crippen molar-refractivity contribution in [3.05, 3.63) is 65.2 Å². The number of benzene rings is 2. The average Bonchev–Trinajstić information content (AvgIpc) is 2.97. The van der Waals surface area contributed by atoms with Gasteiger partial charge in [0.25, 0.3) is 5.91 Å². The van der Waals surface area contributed by atoms with Crippen molar-refractivity contribution < 1.29 is 14.4 Å². The van der Waals surface area contributed by atoms with Crippen LogP contribution in [0.4, 0.5) is 10.5 Å². The minimum atomic E-state index is -0.759. The molecule has 0 radical (unpaired) electrons. The molecule has 0 aliphatic carbocycles. The summed E-state index contributed by atoms with van der Waals surface area (Å²) in [6, 6.07) is 13.8. The highest BCUT2D eigenvalue weighted by molar-refractivity contribution is 6.08. The fraction of sp³-hybridized carbons (Fsp3) is 0.318. The number of aryl methyl sites for hydroxylation is 1. The van der Waals surface area contributed by atoms with Crippen molar-refractivity contribution in [3.8, 4) is 0 Å². The predicted octanol–water partition coefficient (Wildman–Crippen LogP) is 3.60. The summed E-state index contributed by atoms with van der Waals surface area (Å²) in [5.41, 5.74) is 3.67. The third-order valence-electron chi connectivity index (χ3n) is 4.91. The molecule has 2 aromatic carbocycles.